The maximum Gasteiger partial charge on any atom is 0.308 e. The SMILES string of the molecule is CC(=O)Oc1ccc(C(C)(C)C)cc1C. The van der Waals surface area contributed by atoms with Gasteiger partial charge in [-0.25, -0.2) is 0 Å². The van der Waals surface area contributed by atoms with Crippen LogP contribution in [0.3, 0.4) is 0 Å². The lowest BCUT2D eigenvalue weighted by molar-refractivity contribution is -0.131. The van der Waals surface area contributed by atoms with Gasteiger partial charge in [-0.15, -0.1) is 0 Å². The van der Waals surface area contributed by atoms with E-state index in [4.69, 9.17) is 4.74 Å². The van der Waals surface area contributed by atoms with Crippen molar-refractivity contribution in [3.8, 4) is 5.75 Å². The monoisotopic (exact) mass is 206 g/mol. The molecule has 0 N–H and O–H groups in total. The van der Waals surface area contributed by atoms with Gasteiger partial charge in [0.15, 0.2) is 0 Å². The fraction of sp³-hybridized carbons (Fsp3) is 0.462. The molecule has 0 bridgehead atoms. The Bertz CT molecular complexity index is 373. The van der Waals surface area contributed by atoms with E-state index in [2.05, 4.69) is 26.8 Å². The Morgan fingerprint density at radius 3 is 2.27 bits per heavy atom. The normalized spacial score (nSPS) is 11.3. The molecule has 1 rings (SSSR count). The maximum absolute atomic E-state index is 10.8. The fourth-order valence-corrected chi connectivity index (χ4v) is 1.39. The number of ether oxygens (including phenoxy) is 1. The van der Waals surface area contributed by atoms with Crippen molar-refractivity contribution < 1.29 is 9.53 Å². The van der Waals surface area contributed by atoms with E-state index >= 15 is 0 Å². The molecule has 0 saturated heterocycles. The van der Waals surface area contributed by atoms with Crippen LogP contribution in [0.15, 0.2) is 18.2 Å². The minimum atomic E-state index is -0.276. The summed E-state index contributed by atoms with van der Waals surface area (Å²) in [6.45, 7) is 9.85. The number of carbonyl (C=O) groups excluding carboxylic acids is 1. The molecular formula is C13H18O2. The van der Waals surface area contributed by atoms with Crippen molar-refractivity contribution in [2.75, 3.05) is 0 Å². The zero-order valence-electron chi connectivity index (χ0n) is 10.0. The van der Waals surface area contributed by atoms with Crippen LogP contribution >= 0.6 is 0 Å². The molecular weight excluding hydrogens is 188 g/mol. The van der Waals surface area contributed by atoms with Crippen LogP contribution in [-0.4, -0.2) is 5.97 Å². The molecule has 0 aliphatic carbocycles. The second-order valence-electron chi connectivity index (χ2n) is 4.82. The van der Waals surface area contributed by atoms with Gasteiger partial charge in [-0.3, -0.25) is 4.79 Å². The van der Waals surface area contributed by atoms with Crippen molar-refractivity contribution in [1.29, 1.82) is 0 Å². The molecule has 1 aromatic rings. The molecule has 2 heteroatoms. The average molecular weight is 206 g/mol. The van der Waals surface area contributed by atoms with E-state index in [1.165, 1.54) is 12.5 Å². The van der Waals surface area contributed by atoms with Crippen molar-refractivity contribution in [1.82, 2.24) is 0 Å². The molecule has 0 heterocycles. The number of rotatable bonds is 1. The Balaban J connectivity index is 3.03. The first-order chi connectivity index (χ1) is 6.80. The van der Waals surface area contributed by atoms with E-state index in [1.54, 1.807) is 0 Å². The summed E-state index contributed by atoms with van der Waals surface area (Å²) in [6, 6.07) is 5.93. The lowest BCUT2D eigenvalue weighted by atomic mass is 9.86. The summed E-state index contributed by atoms with van der Waals surface area (Å²) in [7, 11) is 0. The van der Waals surface area contributed by atoms with Crippen LogP contribution in [0.4, 0.5) is 0 Å². The molecule has 0 unspecified atom stereocenters. The summed E-state index contributed by atoms with van der Waals surface area (Å²) in [5.41, 5.74) is 2.37. The van der Waals surface area contributed by atoms with Crippen LogP contribution in [0.5, 0.6) is 5.75 Å². The summed E-state index contributed by atoms with van der Waals surface area (Å²) >= 11 is 0. The number of hydrogen-bond acceptors (Lipinski definition) is 2. The summed E-state index contributed by atoms with van der Waals surface area (Å²) in [6.07, 6.45) is 0. The van der Waals surface area contributed by atoms with Gasteiger partial charge in [0.1, 0.15) is 5.75 Å². The zero-order chi connectivity index (χ0) is 11.6. The van der Waals surface area contributed by atoms with Gasteiger partial charge >= 0.3 is 5.97 Å². The van der Waals surface area contributed by atoms with E-state index in [-0.39, 0.29) is 11.4 Å². The van der Waals surface area contributed by atoms with E-state index in [9.17, 15) is 4.79 Å². The summed E-state index contributed by atoms with van der Waals surface area (Å²) in [5.74, 6) is 0.372. The summed E-state index contributed by atoms with van der Waals surface area (Å²) < 4.78 is 5.07. The molecule has 0 saturated carbocycles. The lowest BCUT2D eigenvalue weighted by Crippen LogP contribution is -2.11. The third kappa shape index (κ3) is 3.08. The number of esters is 1. The van der Waals surface area contributed by atoms with E-state index in [0.717, 1.165) is 5.56 Å². The smallest absolute Gasteiger partial charge is 0.308 e. The van der Waals surface area contributed by atoms with E-state index in [1.807, 2.05) is 19.1 Å². The van der Waals surface area contributed by atoms with Gasteiger partial charge in [0.2, 0.25) is 0 Å². The Morgan fingerprint density at radius 1 is 1.27 bits per heavy atom. The van der Waals surface area contributed by atoms with Crippen molar-refractivity contribution in [3.63, 3.8) is 0 Å². The highest BCUT2D eigenvalue weighted by Gasteiger charge is 2.14. The third-order valence-electron chi connectivity index (χ3n) is 2.29. The molecule has 1 aromatic carbocycles. The number of aryl methyl sites for hydroxylation is 1. The van der Waals surface area contributed by atoms with Crippen molar-refractivity contribution in [3.05, 3.63) is 29.3 Å². The molecule has 2 nitrogen and oxygen atoms in total. The summed E-state index contributed by atoms with van der Waals surface area (Å²) in [4.78, 5) is 10.8. The predicted octanol–water partition coefficient (Wildman–Crippen LogP) is 3.22. The van der Waals surface area contributed by atoms with Crippen LogP contribution in [0.25, 0.3) is 0 Å². The molecule has 0 atom stereocenters. The van der Waals surface area contributed by atoms with Gasteiger partial charge in [0, 0.05) is 6.92 Å². The van der Waals surface area contributed by atoms with Gasteiger partial charge < -0.3 is 4.74 Å². The molecule has 15 heavy (non-hydrogen) atoms. The van der Waals surface area contributed by atoms with Crippen molar-refractivity contribution >= 4 is 5.97 Å². The van der Waals surface area contributed by atoms with E-state index < -0.39 is 0 Å². The molecule has 0 aliphatic rings. The molecule has 0 fully saturated rings. The molecule has 0 aliphatic heterocycles. The largest absolute Gasteiger partial charge is 0.426 e. The second-order valence-corrected chi connectivity index (χ2v) is 4.82. The van der Waals surface area contributed by atoms with Gasteiger partial charge in [-0.2, -0.15) is 0 Å². The van der Waals surface area contributed by atoms with Crippen LogP contribution in [0, 0.1) is 6.92 Å². The lowest BCUT2D eigenvalue weighted by Gasteiger charge is -2.20. The maximum atomic E-state index is 10.8. The Labute approximate surface area is 91.3 Å². The quantitative estimate of drug-likeness (QED) is 0.521. The summed E-state index contributed by atoms with van der Waals surface area (Å²) in [5, 5.41) is 0. The second kappa shape index (κ2) is 4.05. The van der Waals surface area contributed by atoms with Crippen LogP contribution in [0.2, 0.25) is 0 Å². The first kappa shape index (κ1) is 11.8. The molecule has 0 aromatic heterocycles. The van der Waals surface area contributed by atoms with Crippen molar-refractivity contribution in [2.45, 2.75) is 40.0 Å². The van der Waals surface area contributed by atoms with Gasteiger partial charge in [0.25, 0.3) is 0 Å². The van der Waals surface area contributed by atoms with E-state index in [0.29, 0.717) is 5.75 Å². The molecule has 82 valence electrons. The Kier molecular flexibility index (Phi) is 3.18. The van der Waals surface area contributed by atoms with Gasteiger partial charge in [-0.1, -0.05) is 32.9 Å². The minimum absolute atomic E-state index is 0.125. The van der Waals surface area contributed by atoms with Crippen LogP contribution in [0.1, 0.15) is 38.8 Å². The highest BCUT2D eigenvalue weighted by Crippen LogP contribution is 2.27. The van der Waals surface area contributed by atoms with Crippen LogP contribution < -0.4 is 4.74 Å². The topological polar surface area (TPSA) is 26.3 Å². The zero-order valence-corrected chi connectivity index (χ0v) is 10.0. The first-order valence-corrected chi connectivity index (χ1v) is 5.10. The number of carbonyl (C=O) groups is 1. The molecule has 0 amide bonds. The van der Waals surface area contributed by atoms with Crippen molar-refractivity contribution in [2.24, 2.45) is 0 Å². The van der Waals surface area contributed by atoms with Gasteiger partial charge in [0.05, 0.1) is 0 Å². The highest BCUT2D eigenvalue weighted by molar-refractivity contribution is 5.69. The Morgan fingerprint density at radius 2 is 1.87 bits per heavy atom. The molecule has 0 radical (unpaired) electrons. The third-order valence-corrected chi connectivity index (χ3v) is 2.29. The number of benzene rings is 1. The average Bonchev–Trinajstić information content (AvgIpc) is 2.05. The minimum Gasteiger partial charge on any atom is -0.426 e. The van der Waals surface area contributed by atoms with Gasteiger partial charge in [-0.05, 0) is 29.5 Å². The molecule has 0 spiro atoms. The standard InChI is InChI=1S/C13H18O2/c1-9-8-11(13(3,4)5)6-7-12(9)15-10(2)14/h6-8H,1-5H3. The van der Waals surface area contributed by atoms with Crippen LogP contribution in [-0.2, 0) is 10.2 Å². The highest BCUT2D eigenvalue weighted by atomic mass is 16.5. The first-order valence-electron chi connectivity index (χ1n) is 5.10. The Hall–Kier alpha value is -1.31. The predicted molar refractivity (Wildman–Crippen MR) is 61.2 cm³/mol. The fourth-order valence-electron chi connectivity index (χ4n) is 1.39. The number of hydrogen-bond donors (Lipinski definition) is 0.